The molecule has 0 N–H and O–H groups in total. The molecule has 6 nitrogen and oxygen atoms in total. The van der Waals surface area contributed by atoms with Crippen LogP contribution in [0, 0.1) is 31.6 Å². The minimum absolute atomic E-state index is 0.0967. The topological polar surface area (TPSA) is 62.7 Å². The Morgan fingerprint density at radius 3 is 2.50 bits per heavy atom. The maximum absolute atomic E-state index is 13.1. The average molecular weight is 405 g/mol. The van der Waals surface area contributed by atoms with Crippen molar-refractivity contribution in [3.63, 3.8) is 0 Å². The number of hydrogen-bond acceptors (Lipinski definition) is 4. The highest BCUT2D eigenvalue weighted by Gasteiger charge is 2.20. The van der Waals surface area contributed by atoms with Crippen molar-refractivity contribution < 1.29 is 14.3 Å². The number of hydrogen-bond donors (Lipinski definition) is 0. The molecule has 0 unspecified atom stereocenters. The number of aromatic nitrogens is 1. The second kappa shape index (κ2) is 9.00. The minimum Gasteiger partial charge on any atom is -0.468 e. The molecule has 1 aliphatic rings. The van der Waals surface area contributed by atoms with Crippen molar-refractivity contribution in [3.05, 3.63) is 52.7 Å². The van der Waals surface area contributed by atoms with Gasteiger partial charge in [-0.15, -0.1) is 0 Å². The van der Waals surface area contributed by atoms with Crippen molar-refractivity contribution in [3.8, 4) is 17.7 Å². The predicted molar refractivity (Wildman–Crippen MR) is 117 cm³/mol. The first-order valence-corrected chi connectivity index (χ1v) is 9.97. The number of carbonyl (C=O) groups is 2. The van der Waals surface area contributed by atoms with Crippen LogP contribution in [0.4, 0.5) is 5.69 Å². The van der Waals surface area contributed by atoms with E-state index in [9.17, 15) is 9.59 Å². The molecule has 3 rings (SSSR count). The van der Waals surface area contributed by atoms with Gasteiger partial charge >= 0.3 is 0 Å². The summed E-state index contributed by atoms with van der Waals surface area (Å²) >= 11 is 0. The lowest BCUT2D eigenvalue weighted by molar-refractivity contribution is -0.130. The summed E-state index contributed by atoms with van der Waals surface area (Å²) in [6.07, 6.45) is 2.36. The number of amides is 2. The van der Waals surface area contributed by atoms with Crippen LogP contribution in [-0.2, 0) is 4.79 Å². The largest absolute Gasteiger partial charge is 0.468 e. The van der Waals surface area contributed by atoms with E-state index in [1.807, 2.05) is 25.1 Å². The maximum atomic E-state index is 13.1. The summed E-state index contributed by atoms with van der Waals surface area (Å²) in [4.78, 5) is 32.2. The number of anilines is 1. The first-order chi connectivity index (χ1) is 14.3. The van der Waals surface area contributed by atoms with Crippen LogP contribution in [0.3, 0.4) is 0 Å². The molecule has 2 amide bonds. The number of likely N-dealkylation sites (N-methyl/N-ethyl adjacent to an activating group) is 1. The van der Waals surface area contributed by atoms with Crippen LogP contribution in [0.2, 0.25) is 0 Å². The lowest BCUT2D eigenvalue weighted by atomic mass is 10.1. The molecular weight excluding hydrogens is 378 g/mol. The van der Waals surface area contributed by atoms with Crippen LogP contribution in [-0.4, -0.2) is 49.4 Å². The van der Waals surface area contributed by atoms with Crippen LogP contribution in [0.25, 0.3) is 0 Å². The van der Waals surface area contributed by atoms with Crippen molar-refractivity contribution in [1.29, 1.82) is 0 Å². The lowest BCUT2D eigenvalue weighted by Crippen LogP contribution is -2.28. The molecule has 1 aliphatic carbocycles. The summed E-state index contributed by atoms with van der Waals surface area (Å²) in [5.74, 6) is 6.99. The smallest absolute Gasteiger partial charge is 0.260 e. The molecule has 0 aliphatic heterocycles. The van der Waals surface area contributed by atoms with Crippen molar-refractivity contribution >= 4 is 17.5 Å². The van der Waals surface area contributed by atoms with Crippen molar-refractivity contribution in [2.45, 2.75) is 26.7 Å². The molecule has 30 heavy (non-hydrogen) atoms. The van der Waals surface area contributed by atoms with Gasteiger partial charge in [-0.05, 0) is 50.5 Å². The van der Waals surface area contributed by atoms with Gasteiger partial charge < -0.3 is 14.5 Å². The molecule has 0 spiro atoms. The number of pyridine rings is 1. The zero-order chi connectivity index (χ0) is 21.8. The van der Waals surface area contributed by atoms with Crippen LogP contribution >= 0.6 is 0 Å². The molecular formula is C24H27N3O3. The van der Waals surface area contributed by atoms with Gasteiger partial charge in [0.2, 0.25) is 5.88 Å². The van der Waals surface area contributed by atoms with E-state index >= 15 is 0 Å². The highest BCUT2D eigenvalue weighted by Crippen LogP contribution is 2.28. The normalized spacial score (nSPS) is 12.6. The Balaban J connectivity index is 1.76. The highest BCUT2D eigenvalue weighted by molar-refractivity contribution is 6.06. The van der Waals surface area contributed by atoms with Crippen molar-refractivity contribution in [2.75, 3.05) is 32.6 Å². The number of ether oxygens (including phenoxy) is 1. The maximum Gasteiger partial charge on any atom is 0.260 e. The number of nitrogens with zero attached hydrogens (tertiary/aromatic N) is 3. The van der Waals surface area contributed by atoms with Crippen molar-refractivity contribution in [1.82, 2.24) is 9.88 Å². The Labute approximate surface area is 177 Å². The minimum atomic E-state index is -0.161. The van der Waals surface area contributed by atoms with E-state index in [4.69, 9.17) is 4.74 Å². The van der Waals surface area contributed by atoms with Crippen LogP contribution in [0.1, 0.15) is 40.0 Å². The van der Waals surface area contributed by atoms with Crippen LogP contribution in [0.15, 0.2) is 30.3 Å². The summed E-state index contributed by atoms with van der Waals surface area (Å²) in [6, 6.07) is 9.22. The Morgan fingerprint density at radius 1 is 1.13 bits per heavy atom. The van der Waals surface area contributed by atoms with Gasteiger partial charge in [0.1, 0.15) is 0 Å². The predicted octanol–water partition coefficient (Wildman–Crippen LogP) is 3.20. The molecule has 0 atom stereocenters. The van der Waals surface area contributed by atoms with Crippen LogP contribution < -0.4 is 9.64 Å². The number of aryl methyl sites for hydroxylation is 2. The molecule has 156 valence electrons. The van der Waals surface area contributed by atoms with Gasteiger partial charge in [-0.3, -0.25) is 9.59 Å². The molecule has 0 radical (unpaired) electrons. The zero-order valence-corrected chi connectivity index (χ0v) is 18.2. The third-order valence-electron chi connectivity index (χ3n) is 5.01. The molecule has 0 bridgehead atoms. The molecule has 0 saturated heterocycles. The number of rotatable bonds is 5. The first-order valence-electron chi connectivity index (χ1n) is 9.97. The van der Waals surface area contributed by atoms with E-state index in [2.05, 4.69) is 16.8 Å². The van der Waals surface area contributed by atoms with Gasteiger partial charge in [0.15, 0.2) is 6.61 Å². The fraction of sp³-hybridized carbons (Fsp3) is 0.375. The Kier molecular flexibility index (Phi) is 6.41. The van der Waals surface area contributed by atoms with Gasteiger partial charge in [0.05, 0.1) is 11.3 Å². The van der Waals surface area contributed by atoms with Gasteiger partial charge in [0.25, 0.3) is 11.8 Å². The summed E-state index contributed by atoms with van der Waals surface area (Å²) in [6.45, 7) is 3.63. The zero-order valence-electron chi connectivity index (χ0n) is 18.2. The second-order valence-electron chi connectivity index (χ2n) is 7.77. The quantitative estimate of drug-likeness (QED) is 0.717. The average Bonchev–Trinajstić information content (AvgIpc) is 3.55. The highest BCUT2D eigenvalue weighted by atomic mass is 16.5. The van der Waals surface area contributed by atoms with Gasteiger partial charge in [-0.2, -0.15) is 0 Å². The monoisotopic (exact) mass is 405 g/mol. The van der Waals surface area contributed by atoms with E-state index in [1.54, 1.807) is 45.1 Å². The van der Waals surface area contributed by atoms with Crippen LogP contribution in [0.5, 0.6) is 5.88 Å². The molecule has 1 aromatic heterocycles. The van der Waals surface area contributed by atoms with Crippen molar-refractivity contribution in [2.24, 2.45) is 5.92 Å². The van der Waals surface area contributed by atoms with Gasteiger partial charge in [-0.1, -0.05) is 17.9 Å². The van der Waals surface area contributed by atoms with E-state index in [1.165, 1.54) is 17.7 Å². The Bertz CT molecular complexity index is 1030. The van der Waals surface area contributed by atoms with E-state index in [-0.39, 0.29) is 18.4 Å². The van der Waals surface area contributed by atoms with Gasteiger partial charge in [0, 0.05) is 44.4 Å². The Morgan fingerprint density at radius 2 is 1.87 bits per heavy atom. The molecule has 1 aromatic carbocycles. The third kappa shape index (κ3) is 5.18. The number of benzene rings is 1. The standard InChI is InChI=1S/C24H27N3O3/c1-16-6-7-19(11-10-18-8-9-18)14-21(16)27(5)24(29)20-12-13-22(25-17(20)2)30-15-23(28)26(3)4/h6-7,12-14,18H,8-9,15H2,1-5H3. The Hall–Kier alpha value is -3.33. The summed E-state index contributed by atoms with van der Waals surface area (Å²) < 4.78 is 5.43. The fourth-order valence-corrected chi connectivity index (χ4v) is 2.86. The lowest BCUT2D eigenvalue weighted by Gasteiger charge is -2.21. The molecule has 1 heterocycles. The molecule has 1 fully saturated rings. The molecule has 1 saturated carbocycles. The first kappa shape index (κ1) is 21.4. The third-order valence-corrected chi connectivity index (χ3v) is 5.01. The van der Waals surface area contributed by atoms with E-state index in [0.717, 1.165) is 16.8 Å². The summed E-state index contributed by atoms with van der Waals surface area (Å²) in [7, 11) is 5.08. The van der Waals surface area contributed by atoms with E-state index in [0.29, 0.717) is 23.1 Å². The fourth-order valence-electron chi connectivity index (χ4n) is 2.86. The summed E-state index contributed by atoms with van der Waals surface area (Å²) in [5, 5.41) is 0. The second-order valence-corrected chi connectivity index (χ2v) is 7.77. The van der Waals surface area contributed by atoms with E-state index < -0.39 is 0 Å². The molecule has 6 heteroatoms. The number of carbonyl (C=O) groups excluding carboxylic acids is 2. The van der Waals surface area contributed by atoms with Gasteiger partial charge in [-0.25, -0.2) is 4.98 Å². The molecule has 2 aromatic rings. The SMILES string of the molecule is Cc1ccc(C#CC2CC2)cc1N(C)C(=O)c1ccc(OCC(=O)N(C)C)nc1C. The summed E-state index contributed by atoms with van der Waals surface area (Å²) in [5.41, 5.74) is 3.75.